The second-order valence-electron chi connectivity index (χ2n) is 7.42. The van der Waals surface area contributed by atoms with Gasteiger partial charge in [-0.15, -0.1) is 0 Å². The number of carbonyl (C=O) groups is 3. The first kappa shape index (κ1) is 17.8. The molecule has 1 aliphatic carbocycles. The second kappa shape index (κ2) is 7.21. The number of hydrogen-bond acceptors (Lipinski definition) is 5. The topological polar surface area (TPSA) is 76.2 Å². The molecule has 1 aromatic rings. The van der Waals surface area contributed by atoms with Crippen molar-refractivity contribution in [2.75, 3.05) is 25.2 Å². The quantitative estimate of drug-likeness (QED) is 0.756. The number of likely N-dealkylation sites (tertiary alicyclic amines) is 1. The molecule has 2 fully saturated rings. The molecule has 1 saturated carbocycles. The highest BCUT2D eigenvalue weighted by Gasteiger charge is 2.48. The molecule has 144 valence electrons. The van der Waals surface area contributed by atoms with Crippen LogP contribution in [0.1, 0.15) is 32.1 Å². The zero-order valence-corrected chi connectivity index (χ0v) is 15.4. The van der Waals surface area contributed by atoms with Crippen LogP contribution < -0.4 is 9.64 Å². The van der Waals surface area contributed by atoms with E-state index in [1.165, 1.54) is 12.0 Å². The largest absolute Gasteiger partial charge is 0.482 e. The fraction of sp³-hybridized carbons (Fsp3) is 0.550. The minimum absolute atomic E-state index is 0.0572. The predicted octanol–water partition coefficient (Wildman–Crippen LogP) is 1.74. The number of carbonyl (C=O) groups excluding carboxylic acids is 3. The molecule has 3 unspecified atom stereocenters. The number of methoxy groups -OCH3 is 1. The Morgan fingerprint density at radius 2 is 2.00 bits per heavy atom. The molecule has 0 spiro atoms. The van der Waals surface area contributed by atoms with Crippen LogP contribution in [-0.2, 0) is 19.1 Å². The van der Waals surface area contributed by atoms with Crippen LogP contribution in [0.2, 0.25) is 0 Å². The number of esters is 1. The number of para-hydroxylation sites is 2. The zero-order chi connectivity index (χ0) is 19.0. The summed E-state index contributed by atoms with van der Waals surface area (Å²) in [6, 6.07) is 6.69. The minimum atomic E-state index is -0.554. The highest BCUT2D eigenvalue weighted by molar-refractivity contribution is 6.02. The number of anilines is 1. The van der Waals surface area contributed by atoms with Gasteiger partial charge in [-0.3, -0.25) is 14.5 Å². The van der Waals surface area contributed by atoms with Crippen molar-refractivity contribution in [2.24, 2.45) is 5.92 Å². The molecule has 3 aliphatic rings. The monoisotopic (exact) mass is 372 g/mol. The lowest BCUT2D eigenvalue weighted by Crippen LogP contribution is -2.52. The van der Waals surface area contributed by atoms with E-state index >= 15 is 0 Å². The van der Waals surface area contributed by atoms with E-state index < -0.39 is 6.04 Å². The normalized spacial score (nSPS) is 26.9. The summed E-state index contributed by atoms with van der Waals surface area (Å²) in [4.78, 5) is 41.1. The number of hydrogen-bond donors (Lipinski definition) is 0. The van der Waals surface area contributed by atoms with Gasteiger partial charge in [0, 0.05) is 6.04 Å². The first-order valence-electron chi connectivity index (χ1n) is 9.51. The molecule has 27 heavy (non-hydrogen) atoms. The van der Waals surface area contributed by atoms with Gasteiger partial charge in [-0.1, -0.05) is 25.0 Å². The van der Waals surface area contributed by atoms with Crippen molar-refractivity contribution in [1.82, 2.24) is 4.90 Å². The number of nitrogens with zero attached hydrogens (tertiary/aromatic N) is 2. The molecule has 0 N–H and O–H groups in total. The highest BCUT2D eigenvalue weighted by Crippen LogP contribution is 2.40. The Labute approximate surface area is 158 Å². The maximum absolute atomic E-state index is 13.2. The molecule has 7 heteroatoms. The third-order valence-corrected chi connectivity index (χ3v) is 5.95. The van der Waals surface area contributed by atoms with Crippen molar-refractivity contribution < 1.29 is 23.9 Å². The second-order valence-corrected chi connectivity index (χ2v) is 7.42. The summed E-state index contributed by atoms with van der Waals surface area (Å²) in [5.41, 5.74) is 0.594. The molecular formula is C20H24N2O5. The van der Waals surface area contributed by atoms with E-state index in [4.69, 9.17) is 9.47 Å². The lowest BCUT2D eigenvalue weighted by molar-refractivity contribution is -0.152. The van der Waals surface area contributed by atoms with Gasteiger partial charge in [0.1, 0.15) is 18.3 Å². The average Bonchev–Trinajstić information content (AvgIpc) is 3.09. The number of amides is 2. The van der Waals surface area contributed by atoms with Crippen LogP contribution in [-0.4, -0.2) is 55.0 Å². The highest BCUT2D eigenvalue weighted by atomic mass is 16.5. The Bertz CT molecular complexity index is 764. The fourth-order valence-electron chi connectivity index (χ4n) is 4.71. The Morgan fingerprint density at radius 1 is 1.22 bits per heavy atom. The molecule has 1 saturated heterocycles. The van der Waals surface area contributed by atoms with Gasteiger partial charge in [-0.25, -0.2) is 4.79 Å². The average molecular weight is 372 g/mol. The SMILES string of the molecule is COC(=O)C1CC2CCCCC2N1C(=O)CN1C(=O)COc2ccccc21. The smallest absolute Gasteiger partial charge is 0.328 e. The number of rotatable bonds is 3. The van der Waals surface area contributed by atoms with Crippen LogP contribution in [0.3, 0.4) is 0 Å². The van der Waals surface area contributed by atoms with Gasteiger partial charge in [-0.2, -0.15) is 0 Å². The van der Waals surface area contributed by atoms with Crippen molar-refractivity contribution in [1.29, 1.82) is 0 Å². The summed E-state index contributed by atoms with van der Waals surface area (Å²) in [6.45, 7) is -0.174. The number of ether oxygens (including phenoxy) is 2. The molecule has 2 aliphatic heterocycles. The minimum Gasteiger partial charge on any atom is -0.482 e. The van der Waals surface area contributed by atoms with Crippen molar-refractivity contribution >= 4 is 23.5 Å². The van der Waals surface area contributed by atoms with Gasteiger partial charge in [0.05, 0.1) is 12.8 Å². The summed E-state index contributed by atoms with van der Waals surface area (Å²) in [6.07, 6.45) is 4.76. The Morgan fingerprint density at radius 3 is 2.81 bits per heavy atom. The first-order valence-corrected chi connectivity index (χ1v) is 9.51. The van der Waals surface area contributed by atoms with E-state index in [0.29, 0.717) is 23.8 Å². The van der Waals surface area contributed by atoms with Crippen molar-refractivity contribution in [3.8, 4) is 5.75 Å². The van der Waals surface area contributed by atoms with Crippen molar-refractivity contribution in [3.05, 3.63) is 24.3 Å². The van der Waals surface area contributed by atoms with Crippen LogP contribution in [0, 0.1) is 5.92 Å². The lowest BCUT2D eigenvalue weighted by Gasteiger charge is -2.35. The van der Waals surface area contributed by atoms with Crippen LogP contribution in [0.5, 0.6) is 5.75 Å². The van der Waals surface area contributed by atoms with Gasteiger partial charge in [0.15, 0.2) is 6.61 Å². The molecule has 0 aromatic heterocycles. The van der Waals surface area contributed by atoms with Crippen LogP contribution in [0.15, 0.2) is 24.3 Å². The van der Waals surface area contributed by atoms with Crippen molar-refractivity contribution in [2.45, 2.75) is 44.2 Å². The van der Waals surface area contributed by atoms with Gasteiger partial charge in [-0.05, 0) is 37.3 Å². The Hall–Kier alpha value is -2.57. The third-order valence-electron chi connectivity index (χ3n) is 5.95. The standard InChI is InChI=1S/C20H24N2O5/c1-26-20(25)16-10-13-6-2-3-7-14(13)22(16)18(23)11-21-15-8-4-5-9-17(15)27-12-19(21)24/h4-5,8-9,13-14,16H,2-3,6-7,10-12H2,1H3. The molecule has 2 amide bonds. The molecular weight excluding hydrogens is 348 g/mol. The number of fused-ring (bicyclic) bond motifs is 2. The van der Waals surface area contributed by atoms with Gasteiger partial charge in [0.2, 0.25) is 5.91 Å². The van der Waals surface area contributed by atoms with Crippen LogP contribution in [0.25, 0.3) is 0 Å². The summed E-state index contributed by atoms with van der Waals surface area (Å²) in [5, 5.41) is 0. The molecule has 0 bridgehead atoms. The predicted molar refractivity (Wildman–Crippen MR) is 97.3 cm³/mol. The molecule has 4 rings (SSSR count). The van der Waals surface area contributed by atoms with E-state index in [1.54, 1.807) is 17.0 Å². The fourth-order valence-corrected chi connectivity index (χ4v) is 4.71. The van der Waals surface area contributed by atoms with Gasteiger partial charge >= 0.3 is 5.97 Å². The lowest BCUT2D eigenvalue weighted by atomic mass is 9.85. The molecule has 3 atom stereocenters. The van der Waals surface area contributed by atoms with E-state index in [0.717, 1.165) is 25.7 Å². The third kappa shape index (κ3) is 3.15. The van der Waals surface area contributed by atoms with E-state index in [1.807, 2.05) is 12.1 Å². The summed E-state index contributed by atoms with van der Waals surface area (Å²) in [7, 11) is 1.36. The molecule has 0 radical (unpaired) electrons. The first-order chi connectivity index (χ1) is 13.1. The molecule has 1 aromatic carbocycles. The summed E-state index contributed by atoms with van der Waals surface area (Å²) in [5.74, 6) is 0.0956. The van der Waals surface area contributed by atoms with Crippen LogP contribution in [0.4, 0.5) is 5.69 Å². The Kier molecular flexibility index (Phi) is 4.76. The summed E-state index contributed by atoms with van der Waals surface area (Å²) >= 11 is 0. The van der Waals surface area contributed by atoms with Gasteiger partial charge in [0.25, 0.3) is 5.91 Å². The maximum atomic E-state index is 13.2. The van der Waals surface area contributed by atoms with Gasteiger partial charge < -0.3 is 14.4 Å². The molecule has 2 heterocycles. The van der Waals surface area contributed by atoms with E-state index in [9.17, 15) is 14.4 Å². The van der Waals surface area contributed by atoms with E-state index in [2.05, 4.69) is 0 Å². The van der Waals surface area contributed by atoms with E-state index in [-0.39, 0.29) is 37.0 Å². The van der Waals surface area contributed by atoms with Crippen molar-refractivity contribution in [3.63, 3.8) is 0 Å². The Balaban J connectivity index is 1.59. The van der Waals surface area contributed by atoms with Crippen LogP contribution >= 0.6 is 0 Å². The summed E-state index contributed by atoms with van der Waals surface area (Å²) < 4.78 is 10.4. The molecule has 7 nitrogen and oxygen atoms in total. The number of benzene rings is 1. The zero-order valence-electron chi connectivity index (χ0n) is 15.4. The maximum Gasteiger partial charge on any atom is 0.328 e.